The van der Waals surface area contributed by atoms with E-state index in [2.05, 4.69) is 47.2 Å². The predicted octanol–water partition coefficient (Wildman–Crippen LogP) is 2.90. The number of nitrogens with zero attached hydrogens (tertiary/aromatic N) is 2. The van der Waals surface area contributed by atoms with Crippen LogP contribution in [0.1, 0.15) is 44.1 Å². The average Bonchev–Trinajstić information content (AvgIpc) is 2.93. The molecule has 1 aliphatic carbocycles. The minimum atomic E-state index is -0.405. The van der Waals surface area contributed by atoms with Gasteiger partial charge in [0.1, 0.15) is 0 Å². The highest BCUT2D eigenvalue weighted by Crippen LogP contribution is 2.32. The molecule has 0 unspecified atom stereocenters. The van der Waals surface area contributed by atoms with E-state index in [0.717, 1.165) is 65.0 Å². The highest BCUT2D eigenvalue weighted by atomic mass is 16.5. The number of likely N-dealkylation sites (N-methyl/N-ethyl adjacent to an activating group) is 1. The van der Waals surface area contributed by atoms with Crippen molar-refractivity contribution >= 4 is 0 Å². The van der Waals surface area contributed by atoms with Crippen LogP contribution in [0.3, 0.4) is 0 Å². The standard InChI is InChI=1S/C21H34N2O2/c1-22(14-12-21(24)10-5-6-11-21)17-20-18-23(13-7-15-25-20)16-19-8-3-2-4-9-19/h2-4,8-9,20,24H,5-7,10-18H2,1H3/t20-/m0/s1. The molecule has 1 aliphatic heterocycles. The molecule has 0 spiro atoms. The van der Waals surface area contributed by atoms with E-state index < -0.39 is 5.60 Å². The maximum Gasteiger partial charge on any atom is 0.0828 e. The number of rotatable bonds is 7. The van der Waals surface area contributed by atoms with Gasteiger partial charge in [0.25, 0.3) is 0 Å². The first-order valence-corrected chi connectivity index (χ1v) is 9.92. The van der Waals surface area contributed by atoms with Gasteiger partial charge in [-0.3, -0.25) is 4.90 Å². The Balaban J connectivity index is 1.45. The van der Waals surface area contributed by atoms with Crippen molar-refractivity contribution in [3.8, 4) is 0 Å². The van der Waals surface area contributed by atoms with Crippen LogP contribution < -0.4 is 0 Å². The van der Waals surface area contributed by atoms with Crippen molar-refractivity contribution in [2.24, 2.45) is 0 Å². The van der Waals surface area contributed by atoms with E-state index in [1.807, 2.05) is 0 Å². The van der Waals surface area contributed by atoms with Gasteiger partial charge in [0.05, 0.1) is 11.7 Å². The first kappa shape index (κ1) is 18.8. The van der Waals surface area contributed by atoms with Crippen molar-refractivity contribution in [3.05, 3.63) is 35.9 Å². The van der Waals surface area contributed by atoms with Crippen molar-refractivity contribution in [1.82, 2.24) is 9.80 Å². The molecule has 2 fully saturated rings. The zero-order valence-corrected chi connectivity index (χ0v) is 15.7. The summed E-state index contributed by atoms with van der Waals surface area (Å²) in [5.74, 6) is 0. The second-order valence-electron chi connectivity index (χ2n) is 8.01. The van der Waals surface area contributed by atoms with Crippen molar-refractivity contribution in [2.75, 3.05) is 39.8 Å². The Bertz CT molecular complexity index is 502. The molecular weight excluding hydrogens is 312 g/mol. The van der Waals surface area contributed by atoms with E-state index in [-0.39, 0.29) is 6.10 Å². The topological polar surface area (TPSA) is 35.9 Å². The normalized spacial score (nSPS) is 24.5. The lowest BCUT2D eigenvalue weighted by atomic mass is 9.98. The third-order valence-corrected chi connectivity index (χ3v) is 5.69. The molecule has 1 N–H and O–H groups in total. The lowest BCUT2D eigenvalue weighted by molar-refractivity contribution is 0.0101. The third-order valence-electron chi connectivity index (χ3n) is 5.69. The van der Waals surface area contributed by atoms with Crippen LogP contribution in [-0.2, 0) is 11.3 Å². The maximum absolute atomic E-state index is 10.5. The van der Waals surface area contributed by atoms with Gasteiger partial charge in [-0.2, -0.15) is 0 Å². The van der Waals surface area contributed by atoms with E-state index in [4.69, 9.17) is 4.74 Å². The van der Waals surface area contributed by atoms with Crippen LogP contribution >= 0.6 is 0 Å². The van der Waals surface area contributed by atoms with Gasteiger partial charge in [0.15, 0.2) is 0 Å². The first-order chi connectivity index (χ1) is 12.1. The Kier molecular flexibility index (Phi) is 6.88. The highest BCUT2D eigenvalue weighted by Gasteiger charge is 2.31. The summed E-state index contributed by atoms with van der Waals surface area (Å²) in [5.41, 5.74) is 0.970. The molecule has 140 valence electrons. The van der Waals surface area contributed by atoms with Gasteiger partial charge >= 0.3 is 0 Å². The van der Waals surface area contributed by atoms with Crippen molar-refractivity contribution < 1.29 is 9.84 Å². The Hall–Kier alpha value is -0.940. The fraction of sp³-hybridized carbons (Fsp3) is 0.714. The number of ether oxygens (including phenoxy) is 1. The Morgan fingerprint density at radius 2 is 1.96 bits per heavy atom. The Morgan fingerprint density at radius 1 is 1.20 bits per heavy atom. The zero-order chi connectivity index (χ0) is 17.5. The van der Waals surface area contributed by atoms with Crippen LogP contribution in [0.15, 0.2) is 30.3 Å². The fourth-order valence-corrected chi connectivity index (χ4v) is 4.19. The van der Waals surface area contributed by atoms with Gasteiger partial charge in [-0.15, -0.1) is 0 Å². The largest absolute Gasteiger partial charge is 0.390 e. The molecule has 0 amide bonds. The van der Waals surface area contributed by atoms with Gasteiger partial charge in [-0.1, -0.05) is 43.2 Å². The lowest BCUT2D eigenvalue weighted by Crippen LogP contribution is -2.40. The van der Waals surface area contributed by atoms with Gasteiger partial charge < -0.3 is 14.7 Å². The number of aliphatic hydroxyl groups is 1. The zero-order valence-electron chi connectivity index (χ0n) is 15.7. The van der Waals surface area contributed by atoms with Crippen LogP contribution in [-0.4, -0.2) is 66.4 Å². The summed E-state index contributed by atoms with van der Waals surface area (Å²) in [7, 11) is 2.16. The molecule has 1 saturated carbocycles. The lowest BCUT2D eigenvalue weighted by Gasteiger charge is -2.29. The van der Waals surface area contributed by atoms with Crippen LogP contribution in [0.25, 0.3) is 0 Å². The second-order valence-corrected chi connectivity index (χ2v) is 8.01. The predicted molar refractivity (Wildman–Crippen MR) is 102 cm³/mol. The quantitative estimate of drug-likeness (QED) is 0.823. The van der Waals surface area contributed by atoms with E-state index in [9.17, 15) is 5.11 Å². The summed E-state index contributed by atoms with van der Waals surface area (Å²) in [4.78, 5) is 4.86. The molecule has 0 bridgehead atoms. The number of hydrogen-bond acceptors (Lipinski definition) is 4. The van der Waals surface area contributed by atoms with Crippen molar-refractivity contribution in [3.63, 3.8) is 0 Å². The Morgan fingerprint density at radius 3 is 2.72 bits per heavy atom. The third kappa shape index (κ3) is 6.07. The summed E-state index contributed by atoms with van der Waals surface area (Å²) < 4.78 is 6.09. The smallest absolute Gasteiger partial charge is 0.0828 e. The molecule has 25 heavy (non-hydrogen) atoms. The van der Waals surface area contributed by atoms with E-state index >= 15 is 0 Å². The monoisotopic (exact) mass is 346 g/mol. The van der Waals surface area contributed by atoms with Gasteiger partial charge in [-0.05, 0) is 38.3 Å². The van der Waals surface area contributed by atoms with Gasteiger partial charge in [-0.25, -0.2) is 0 Å². The molecule has 0 radical (unpaired) electrons. The molecule has 1 aromatic rings. The van der Waals surface area contributed by atoms with E-state index in [1.165, 1.54) is 18.4 Å². The fourth-order valence-electron chi connectivity index (χ4n) is 4.19. The van der Waals surface area contributed by atoms with Gasteiger partial charge in [0, 0.05) is 39.3 Å². The van der Waals surface area contributed by atoms with Crippen LogP contribution in [0.5, 0.6) is 0 Å². The molecule has 2 aliphatic rings. The van der Waals surface area contributed by atoms with E-state index in [1.54, 1.807) is 0 Å². The molecule has 4 heteroatoms. The van der Waals surface area contributed by atoms with Crippen molar-refractivity contribution in [1.29, 1.82) is 0 Å². The minimum Gasteiger partial charge on any atom is -0.390 e. The van der Waals surface area contributed by atoms with Crippen LogP contribution in [0.4, 0.5) is 0 Å². The molecule has 1 saturated heterocycles. The Labute approximate surface area is 152 Å². The molecule has 1 atom stereocenters. The van der Waals surface area contributed by atoms with Crippen LogP contribution in [0, 0.1) is 0 Å². The first-order valence-electron chi connectivity index (χ1n) is 9.92. The number of hydrogen-bond donors (Lipinski definition) is 1. The van der Waals surface area contributed by atoms with E-state index in [0.29, 0.717) is 0 Å². The summed E-state index contributed by atoms with van der Waals surface area (Å²) >= 11 is 0. The summed E-state index contributed by atoms with van der Waals surface area (Å²) in [6.07, 6.45) is 6.57. The molecule has 1 aromatic carbocycles. The molecule has 1 heterocycles. The number of benzene rings is 1. The summed E-state index contributed by atoms with van der Waals surface area (Å²) in [5, 5.41) is 10.5. The highest BCUT2D eigenvalue weighted by molar-refractivity contribution is 5.14. The maximum atomic E-state index is 10.5. The SMILES string of the molecule is CN(CCC1(O)CCCC1)C[C@H]1CN(Cc2ccccc2)CCCO1. The molecular formula is C21H34N2O2. The van der Waals surface area contributed by atoms with Crippen molar-refractivity contribution in [2.45, 2.75) is 56.8 Å². The summed E-state index contributed by atoms with van der Waals surface area (Å²) in [6.45, 7) is 5.85. The average molecular weight is 347 g/mol. The molecule has 3 rings (SSSR count). The minimum absolute atomic E-state index is 0.259. The summed E-state index contributed by atoms with van der Waals surface area (Å²) in [6, 6.07) is 10.7. The van der Waals surface area contributed by atoms with Crippen LogP contribution in [0.2, 0.25) is 0 Å². The second kappa shape index (κ2) is 9.13. The molecule has 0 aromatic heterocycles. The van der Waals surface area contributed by atoms with Gasteiger partial charge in [0.2, 0.25) is 0 Å². The molecule has 4 nitrogen and oxygen atoms in total.